The second-order valence-corrected chi connectivity index (χ2v) is 9.34. The molecule has 0 spiro atoms. The summed E-state index contributed by atoms with van der Waals surface area (Å²) in [5.41, 5.74) is -1.28. The number of halogens is 1. The summed E-state index contributed by atoms with van der Waals surface area (Å²) in [6, 6.07) is 5.68. The van der Waals surface area contributed by atoms with Crippen LogP contribution in [0.1, 0.15) is 42.4 Å². The maximum absolute atomic E-state index is 13.2. The zero-order valence-electron chi connectivity index (χ0n) is 19.5. The van der Waals surface area contributed by atoms with E-state index >= 15 is 0 Å². The predicted molar refractivity (Wildman–Crippen MR) is 130 cm³/mol. The lowest BCUT2D eigenvalue weighted by Crippen LogP contribution is -2.68. The number of hydrogen-bond donors (Lipinski definition) is 3. The Balaban J connectivity index is 1.99. The van der Waals surface area contributed by atoms with Crippen molar-refractivity contribution in [2.45, 2.75) is 32.9 Å². The molecule has 2 aromatic rings. The highest BCUT2D eigenvalue weighted by Crippen LogP contribution is 2.31. The first-order chi connectivity index (χ1) is 16.0. The summed E-state index contributed by atoms with van der Waals surface area (Å²) in [4.78, 5) is 27.7. The predicted octanol–water partition coefficient (Wildman–Crippen LogP) is 2.77. The van der Waals surface area contributed by atoms with E-state index < -0.39 is 22.7 Å². The molecule has 0 aliphatic carbocycles. The van der Waals surface area contributed by atoms with Crippen molar-refractivity contribution in [2.24, 2.45) is 0 Å². The Hall–Kier alpha value is -3.18. The van der Waals surface area contributed by atoms with Crippen LogP contribution in [-0.4, -0.2) is 63.1 Å². The van der Waals surface area contributed by atoms with Crippen LogP contribution in [0.3, 0.4) is 0 Å². The number of methoxy groups -OCH3 is 1. The zero-order chi connectivity index (χ0) is 25.2. The van der Waals surface area contributed by atoms with Gasteiger partial charge in [-0.05, 0) is 38.5 Å². The fraction of sp³-hybridized carbons (Fsp3) is 0.391. The molecule has 0 fully saturated rings. The van der Waals surface area contributed by atoms with Crippen molar-refractivity contribution in [3.8, 4) is 5.75 Å². The number of amides is 1. The molecule has 1 amide bonds. The molecule has 3 N–H and O–H groups in total. The van der Waals surface area contributed by atoms with Crippen molar-refractivity contribution in [2.75, 3.05) is 31.8 Å². The third-order valence-electron chi connectivity index (χ3n) is 5.74. The molecule has 1 aliphatic heterocycles. The molecule has 0 unspecified atom stereocenters. The summed E-state index contributed by atoms with van der Waals surface area (Å²) < 4.78 is 19.8. The van der Waals surface area contributed by atoms with E-state index in [1.807, 2.05) is 20.8 Å². The van der Waals surface area contributed by atoms with Gasteiger partial charge in [-0.25, -0.2) is 4.39 Å². The monoisotopic (exact) mass is 489 g/mol. The van der Waals surface area contributed by atoms with Crippen LogP contribution in [0, 0.1) is 16.6 Å². The van der Waals surface area contributed by atoms with Gasteiger partial charge in [-0.15, -0.1) is 0 Å². The first-order valence-corrected chi connectivity index (χ1v) is 11.5. The van der Waals surface area contributed by atoms with E-state index in [0.29, 0.717) is 25.3 Å². The summed E-state index contributed by atoms with van der Waals surface area (Å²) in [5, 5.41) is 29.0. The first kappa shape index (κ1) is 25.4. The van der Waals surface area contributed by atoms with Crippen molar-refractivity contribution in [1.82, 2.24) is 9.58 Å². The molecule has 182 valence electrons. The van der Waals surface area contributed by atoms with E-state index in [-0.39, 0.29) is 33.6 Å². The number of nitrogens with zero attached hydrogens (tertiary/aromatic N) is 3. The van der Waals surface area contributed by atoms with Crippen LogP contribution in [0.15, 0.2) is 35.3 Å². The van der Waals surface area contributed by atoms with E-state index in [9.17, 15) is 19.1 Å². The third kappa shape index (κ3) is 4.71. The fourth-order valence-electron chi connectivity index (χ4n) is 4.01. The van der Waals surface area contributed by atoms with E-state index in [2.05, 4.69) is 0 Å². The number of fused-ring (bicyclic) bond motifs is 1. The molecule has 34 heavy (non-hydrogen) atoms. The maximum Gasteiger partial charge on any atom is 0.278 e. The number of carbonyl (C=O) groups excluding carboxylic acids is 1. The molecular formula is C23H28FN5O4S. The third-order valence-corrected chi connectivity index (χ3v) is 6.55. The standard InChI is InChI=1S/C23H28FN5O4S/c1-5-27-22(32)18-20(31)19(30)16(13-28(18)29(10-11-33-4)23(27,2)3)21(26)34-17(25)12-14-6-8-15(24)9-7-14/h6-9,13,25-26,31H,5,10-12H2,1-4H3. The number of thioether (sulfide) groups is 1. The topological polar surface area (TPSA) is 123 Å². The minimum atomic E-state index is -0.853. The number of aromatic hydroxyl groups is 1. The molecule has 0 bridgehead atoms. The second kappa shape index (κ2) is 9.98. The summed E-state index contributed by atoms with van der Waals surface area (Å²) in [7, 11) is 1.55. The SMILES string of the molecule is CCN1C(=O)c2c(O)c(=O)c(C(=N)SC(=N)Cc3ccc(F)cc3)cn2N(CCOC)C1(C)C. The zero-order valence-corrected chi connectivity index (χ0v) is 20.3. The molecule has 11 heteroatoms. The van der Waals surface area contributed by atoms with Gasteiger partial charge in [-0.3, -0.25) is 30.1 Å². The highest BCUT2D eigenvalue weighted by molar-refractivity contribution is 8.26. The minimum absolute atomic E-state index is 0.0722. The van der Waals surface area contributed by atoms with Gasteiger partial charge in [0.2, 0.25) is 5.43 Å². The summed E-state index contributed by atoms with van der Waals surface area (Å²) in [5.74, 6) is -1.62. The van der Waals surface area contributed by atoms with Gasteiger partial charge in [0.05, 0.1) is 23.8 Å². The first-order valence-electron chi connectivity index (χ1n) is 10.7. The van der Waals surface area contributed by atoms with Crippen molar-refractivity contribution in [3.05, 3.63) is 63.3 Å². The molecule has 1 aliphatic rings. The summed E-state index contributed by atoms with van der Waals surface area (Å²) >= 11 is 0.760. The lowest BCUT2D eigenvalue weighted by molar-refractivity contribution is 0.0366. The molecule has 0 saturated carbocycles. The molecule has 1 aromatic carbocycles. The van der Waals surface area contributed by atoms with Crippen LogP contribution in [-0.2, 0) is 11.2 Å². The molecule has 2 heterocycles. The average molecular weight is 490 g/mol. The number of hydrogen-bond acceptors (Lipinski definition) is 8. The second-order valence-electron chi connectivity index (χ2n) is 8.23. The minimum Gasteiger partial charge on any atom is -0.502 e. The van der Waals surface area contributed by atoms with Crippen LogP contribution in [0.5, 0.6) is 5.75 Å². The van der Waals surface area contributed by atoms with Gasteiger partial charge >= 0.3 is 0 Å². The van der Waals surface area contributed by atoms with Gasteiger partial charge in [0, 0.05) is 26.3 Å². The van der Waals surface area contributed by atoms with Crippen LogP contribution in [0.2, 0.25) is 0 Å². The Labute approximate surface area is 201 Å². The van der Waals surface area contributed by atoms with E-state index in [0.717, 1.165) is 11.8 Å². The highest BCUT2D eigenvalue weighted by Gasteiger charge is 2.44. The molecule has 1 aromatic heterocycles. The van der Waals surface area contributed by atoms with Crippen molar-refractivity contribution < 1.29 is 19.0 Å². The Morgan fingerprint density at radius 2 is 1.85 bits per heavy atom. The van der Waals surface area contributed by atoms with E-state index in [4.69, 9.17) is 15.6 Å². The van der Waals surface area contributed by atoms with Crippen LogP contribution < -0.4 is 10.4 Å². The van der Waals surface area contributed by atoms with Gasteiger partial charge < -0.3 is 14.7 Å². The van der Waals surface area contributed by atoms with Gasteiger partial charge in [0.1, 0.15) is 16.5 Å². The van der Waals surface area contributed by atoms with Crippen molar-refractivity contribution >= 4 is 27.8 Å². The van der Waals surface area contributed by atoms with Gasteiger partial charge in [-0.2, -0.15) is 0 Å². The summed E-state index contributed by atoms with van der Waals surface area (Å²) in [6.07, 6.45) is 1.52. The lowest BCUT2D eigenvalue weighted by Gasteiger charge is -2.52. The largest absolute Gasteiger partial charge is 0.502 e. The smallest absolute Gasteiger partial charge is 0.278 e. The Morgan fingerprint density at radius 3 is 2.44 bits per heavy atom. The summed E-state index contributed by atoms with van der Waals surface area (Å²) in [6.45, 7) is 6.54. The number of carbonyl (C=O) groups is 1. The van der Waals surface area contributed by atoms with Crippen molar-refractivity contribution in [1.29, 1.82) is 10.8 Å². The molecule has 3 rings (SSSR count). The van der Waals surface area contributed by atoms with Crippen LogP contribution in [0.4, 0.5) is 4.39 Å². The Bertz CT molecular complexity index is 1180. The Kier molecular flexibility index (Phi) is 7.47. The number of ether oxygens (including phenoxy) is 1. The van der Waals surface area contributed by atoms with Crippen molar-refractivity contribution in [3.63, 3.8) is 0 Å². The van der Waals surface area contributed by atoms with Crippen LogP contribution >= 0.6 is 11.8 Å². The molecule has 0 saturated heterocycles. The average Bonchev–Trinajstić information content (AvgIpc) is 2.77. The molecule has 0 radical (unpaired) electrons. The highest BCUT2D eigenvalue weighted by atomic mass is 32.2. The van der Waals surface area contributed by atoms with Gasteiger partial charge in [0.25, 0.3) is 5.91 Å². The number of rotatable bonds is 7. The maximum atomic E-state index is 13.2. The quantitative estimate of drug-likeness (QED) is 0.406. The fourth-order valence-corrected chi connectivity index (χ4v) is 4.75. The number of benzene rings is 1. The number of pyridine rings is 1. The van der Waals surface area contributed by atoms with E-state index in [1.54, 1.807) is 29.2 Å². The van der Waals surface area contributed by atoms with Gasteiger partial charge in [-0.1, -0.05) is 23.9 Å². The van der Waals surface area contributed by atoms with Crippen LogP contribution in [0.25, 0.3) is 0 Å². The molecular weight excluding hydrogens is 461 g/mol. The number of nitrogens with one attached hydrogen (secondary N) is 2. The van der Waals surface area contributed by atoms with E-state index in [1.165, 1.54) is 23.0 Å². The molecule has 9 nitrogen and oxygen atoms in total. The Morgan fingerprint density at radius 1 is 1.21 bits per heavy atom. The molecule has 0 atom stereocenters. The van der Waals surface area contributed by atoms with Gasteiger partial charge in [0.15, 0.2) is 11.4 Å². The normalized spacial score (nSPS) is 14.8. The number of aromatic nitrogens is 1. The lowest BCUT2D eigenvalue weighted by atomic mass is 10.1.